The molecule has 1 atom stereocenters. The molecule has 2 heterocycles. The van der Waals surface area contributed by atoms with Gasteiger partial charge in [-0.05, 0) is 30.5 Å². The molecule has 0 radical (unpaired) electrons. The summed E-state index contributed by atoms with van der Waals surface area (Å²) in [6.07, 6.45) is 2.91. The van der Waals surface area contributed by atoms with E-state index in [1.54, 1.807) is 24.0 Å². The van der Waals surface area contributed by atoms with Crippen LogP contribution in [0.1, 0.15) is 18.9 Å². The molecule has 1 fully saturated rings. The van der Waals surface area contributed by atoms with E-state index >= 15 is 0 Å². The lowest BCUT2D eigenvalue weighted by Gasteiger charge is -2.21. The molecule has 8 heteroatoms. The summed E-state index contributed by atoms with van der Waals surface area (Å²) in [6, 6.07) is 7.04. The van der Waals surface area contributed by atoms with Gasteiger partial charge in [-0.2, -0.15) is 5.10 Å². The van der Waals surface area contributed by atoms with Crippen molar-refractivity contribution >= 4 is 45.4 Å². The minimum absolute atomic E-state index is 0.225. The van der Waals surface area contributed by atoms with Gasteiger partial charge in [0.2, 0.25) is 0 Å². The third-order valence-electron chi connectivity index (χ3n) is 5.30. The summed E-state index contributed by atoms with van der Waals surface area (Å²) in [4.78, 5) is 6.76. The maximum Gasteiger partial charge on any atom is 0.153 e. The normalized spacial score (nSPS) is 17.3. The second-order valence-electron chi connectivity index (χ2n) is 7.61. The first-order valence-corrected chi connectivity index (χ1v) is 9.97. The van der Waals surface area contributed by atoms with E-state index in [2.05, 4.69) is 27.2 Å². The van der Waals surface area contributed by atoms with E-state index < -0.39 is 5.82 Å². The Bertz CT molecular complexity index is 1110. The monoisotopic (exact) mass is 414 g/mol. The standard InChI is InChI=1S/C21H24ClFN6/c1-12-4-5-29(10-12)15-8-16(22)19(18(9-15)25-2)21(24)26-14-6-13-11-28(3)27-20(13)17(23)7-14/h6-9,11-12,25H,4-5,10H2,1-3H3,(H2,24,26). The van der Waals surface area contributed by atoms with Gasteiger partial charge in [-0.1, -0.05) is 18.5 Å². The molecule has 0 bridgehead atoms. The minimum atomic E-state index is -0.437. The number of halogens is 2. The van der Waals surface area contributed by atoms with E-state index in [1.807, 2.05) is 19.2 Å². The lowest BCUT2D eigenvalue weighted by Crippen LogP contribution is -2.21. The first kappa shape index (κ1) is 19.5. The van der Waals surface area contributed by atoms with E-state index in [4.69, 9.17) is 17.3 Å². The highest BCUT2D eigenvalue weighted by molar-refractivity contribution is 6.35. The summed E-state index contributed by atoms with van der Waals surface area (Å²) in [6.45, 7) is 4.26. The minimum Gasteiger partial charge on any atom is -0.387 e. The van der Waals surface area contributed by atoms with Gasteiger partial charge < -0.3 is 16.0 Å². The fourth-order valence-corrected chi connectivity index (χ4v) is 4.17. The molecule has 0 saturated carbocycles. The summed E-state index contributed by atoms with van der Waals surface area (Å²) in [5.41, 5.74) is 9.47. The molecule has 3 aromatic rings. The van der Waals surface area contributed by atoms with E-state index in [9.17, 15) is 4.39 Å². The topological polar surface area (TPSA) is 71.5 Å². The van der Waals surface area contributed by atoms with Crippen LogP contribution in [0.4, 0.5) is 21.5 Å². The van der Waals surface area contributed by atoms with Crippen LogP contribution in [0.2, 0.25) is 5.02 Å². The molecule has 29 heavy (non-hydrogen) atoms. The van der Waals surface area contributed by atoms with Crippen molar-refractivity contribution < 1.29 is 4.39 Å². The summed E-state index contributed by atoms with van der Waals surface area (Å²) in [5, 5.41) is 8.45. The number of aliphatic imine (C=N–C) groups is 1. The van der Waals surface area contributed by atoms with Crippen LogP contribution in [0, 0.1) is 11.7 Å². The lowest BCUT2D eigenvalue weighted by atomic mass is 10.1. The number of benzene rings is 2. The van der Waals surface area contributed by atoms with Crippen molar-refractivity contribution in [3.63, 3.8) is 0 Å². The van der Waals surface area contributed by atoms with E-state index in [1.165, 1.54) is 12.5 Å². The molecule has 6 nitrogen and oxygen atoms in total. The van der Waals surface area contributed by atoms with Crippen LogP contribution >= 0.6 is 11.6 Å². The number of nitrogens with zero attached hydrogens (tertiary/aromatic N) is 4. The quantitative estimate of drug-likeness (QED) is 0.493. The molecule has 0 aliphatic carbocycles. The van der Waals surface area contributed by atoms with Gasteiger partial charge in [-0.25, -0.2) is 9.38 Å². The maximum absolute atomic E-state index is 14.4. The van der Waals surface area contributed by atoms with Gasteiger partial charge in [0.15, 0.2) is 5.82 Å². The molecule has 1 saturated heterocycles. The molecular weight excluding hydrogens is 391 g/mol. The van der Waals surface area contributed by atoms with Crippen LogP contribution in [0.3, 0.4) is 0 Å². The number of hydrogen-bond donors (Lipinski definition) is 2. The maximum atomic E-state index is 14.4. The SMILES string of the molecule is CNc1cc(N2CCC(C)C2)cc(Cl)c1C(N)=Nc1cc(F)c2nn(C)cc2c1. The summed E-state index contributed by atoms with van der Waals surface area (Å²) in [7, 11) is 3.57. The Hall–Kier alpha value is -2.80. The van der Waals surface area contributed by atoms with Crippen molar-refractivity contribution in [1.29, 1.82) is 0 Å². The number of aryl methyl sites for hydroxylation is 1. The van der Waals surface area contributed by atoms with Crippen LogP contribution in [-0.4, -0.2) is 35.8 Å². The molecule has 1 unspecified atom stereocenters. The van der Waals surface area contributed by atoms with Gasteiger partial charge in [0.1, 0.15) is 11.4 Å². The average molecular weight is 415 g/mol. The smallest absolute Gasteiger partial charge is 0.153 e. The zero-order chi connectivity index (χ0) is 20.7. The first-order valence-electron chi connectivity index (χ1n) is 9.59. The molecule has 1 aromatic heterocycles. The third kappa shape index (κ3) is 3.74. The molecule has 4 rings (SSSR count). The number of nitrogens with two attached hydrogens (primary N) is 1. The first-order chi connectivity index (χ1) is 13.9. The van der Waals surface area contributed by atoms with Crippen molar-refractivity contribution in [3.05, 3.63) is 46.9 Å². The van der Waals surface area contributed by atoms with Crippen LogP contribution in [0.5, 0.6) is 0 Å². The Morgan fingerprint density at radius 3 is 2.83 bits per heavy atom. The number of hydrogen-bond acceptors (Lipinski definition) is 4. The molecule has 0 amide bonds. The summed E-state index contributed by atoms with van der Waals surface area (Å²) in [5.74, 6) is 0.451. The van der Waals surface area contributed by atoms with Crippen LogP contribution in [0.15, 0.2) is 35.5 Å². The Kier molecular flexibility index (Phi) is 5.08. The zero-order valence-corrected chi connectivity index (χ0v) is 17.5. The average Bonchev–Trinajstić information content (AvgIpc) is 3.26. The molecular formula is C21H24ClFN6. The number of nitrogens with one attached hydrogen (secondary N) is 1. The van der Waals surface area contributed by atoms with Gasteiger partial charge in [-0.15, -0.1) is 0 Å². The second kappa shape index (κ2) is 7.55. The molecule has 3 N–H and O–H groups in total. The summed E-state index contributed by atoms with van der Waals surface area (Å²) < 4.78 is 15.9. The Morgan fingerprint density at radius 2 is 2.14 bits per heavy atom. The molecule has 0 spiro atoms. The van der Waals surface area contributed by atoms with E-state index in [0.29, 0.717) is 33.1 Å². The van der Waals surface area contributed by atoms with Gasteiger partial charge in [0.05, 0.1) is 16.3 Å². The van der Waals surface area contributed by atoms with Crippen molar-refractivity contribution in [2.45, 2.75) is 13.3 Å². The predicted octanol–water partition coefficient (Wildman–Crippen LogP) is 4.29. The largest absolute Gasteiger partial charge is 0.387 e. The highest BCUT2D eigenvalue weighted by Gasteiger charge is 2.22. The number of anilines is 2. The zero-order valence-electron chi connectivity index (χ0n) is 16.7. The highest BCUT2D eigenvalue weighted by atomic mass is 35.5. The molecule has 2 aromatic carbocycles. The van der Waals surface area contributed by atoms with Crippen LogP contribution in [-0.2, 0) is 7.05 Å². The Morgan fingerprint density at radius 1 is 1.34 bits per heavy atom. The van der Waals surface area contributed by atoms with Crippen molar-refractivity contribution in [1.82, 2.24) is 9.78 Å². The van der Waals surface area contributed by atoms with Crippen molar-refractivity contribution in [3.8, 4) is 0 Å². The fourth-order valence-electron chi connectivity index (χ4n) is 3.86. The van der Waals surface area contributed by atoms with Crippen LogP contribution < -0.4 is 16.0 Å². The van der Waals surface area contributed by atoms with E-state index in [-0.39, 0.29) is 5.84 Å². The Labute approximate surface area is 174 Å². The van der Waals surface area contributed by atoms with Crippen molar-refractivity contribution in [2.75, 3.05) is 30.4 Å². The second-order valence-corrected chi connectivity index (χ2v) is 8.01. The Balaban J connectivity index is 1.73. The lowest BCUT2D eigenvalue weighted by molar-refractivity contribution is 0.632. The van der Waals surface area contributed by atoms with Gasteiger partial charge in [0.25, 0.3) is 0 Å². The molecule has 152 valence electrons. The molecule has 1 aliphatic heterocycles. The van der Waals surface area contributed by atoms with Crippen LogP contribution in [0.25, 0.3) is 10.9 Å². The number of aromatic nitrogens is 2. The number of fused-ring (bicyclic) bond motifs is 1. The number of rotatable bonds is 4. The third-order valence-corrected chi connectivity index (χ3v) is 5.60. The fraction of sp³-hybridized carbons (Fsp3) is 0.333. The predicted molar refractivity (Wildman–Crippen MR) is 118 cm³/mol. The van der Waals surface area contributed by atoms with Gasteiger partial charge in [0, 0.05) is 56.2 Å². The van der Waals surface area contributed by atoms with Crippen molar-refractivity contribution in [2.24, 2.45) is 23.7 Å². The molecule has 1 aliphatic rings. The van der Waals surface area contributed by atoms with Gasteiger partial charge >= 0.3 is 0 Å². The van der Waals surface area contributed by atoms with Gasteiger partial charge in [-0.3, -0.25) is 4.68 Å². The number of amidine groups is 1. The van der Waals surface area contributed by atoms with E-state index in [0.717, 1.165) is 24.5 Å². The highest BCUT2D eigenvalue weighted by Crippen LogP contribution is 2.34. The summed E-state index contributed by atoms with van der Waals surface area (Å²) >= 11 is 6.60.